The largest absolute Gasteiger partial charge is 0.484 e. The first-order chi connectivity index (χ1) is 19.6. The second-order valence-corrected chi connectivity index (χ2v) is 10.6. The predicted molar refractivity (Wildman–Crippen MR) is 153 cm³/mol. The normalized spacial score (nSPS) is 18.1. The Labute approximate surface area is 240 Å². The monoisotopic (exact) mass is 575 g/mol. The smallest absolute Gasteiger partial charge is 0.355 e. The van der Waals surface area contributed by atoms with Crippen LogP contribution in [0.25, 0.3) is 28.0 Å². The third-order valence-electron chi connectivity index (χ3n) is 7.51. The number of ether oxygens (including phenoxy) is 1. The third kappa shape index (κ3) is 4.31. The molecular formula is C29H27ClFN7O3. The lowest BCUT2D eigenvalue weighted by atomic mass is 10.1. The van der Waals surface area contributed by atoms with E-state index >= 15 is 4.39 Å². The van der Waals surface area contributed by atoms with Gasteiger partial charge in [0, 0.05) is 25.7 Å². The Hall–Kier alpha value is -4.38. The minimum absolute atomic E-state index is 0.0829. The van der Waals surface area contributed by atoms with Crippen LogP contribution in [-0.4, -0.2) is 61.0 Å². The number of nitrogens with zero attached hydrogens (tertiary/aromatic N) is 7. The molecule has 1 unspecified atom stereocenters. The number of anilines is 1. The standard InChI is InChI=1S/C29H27ClFN7O3/c1-6-22(39)36-10-11-37(14(2)13-36)27-18-12-19(30)25-23-20(31)8-7-9-21(23)41-16(4)24-26(15(3)32-17(5)33-24)38(28(18)34-25)29(40)35-27/h6-9,12,14,16H,1,10-11,13H2,2-5H3/t14-,16?/m0/s1. The van der Waals surface area contributed by atoms with Gasteiger partial charge < -0.3 is 14.5 Å². The molecule has 2 bridgehead atoms. The summed E-state index contributed by atoms with van der Waals surface area (Å²) in [5, 5.41) is 0.658. The van der Waals surface area contributed by atoms with Crippen LogP contribution < -0.4 is 15.3 Å². The van der Waals surface area contributed by atoms with Gasteiger partial charge in [0.1, 0.15) is 35.0 Å². The van der Waals surface area contributed by atoms with E-state index in [0.29, 0.717) is 53.7 Å². The molecular weight excluding hydrogens is 549 g/mol. The minimum atomic E-state index is -0.689. The molecule has 5 heterocycles. The van der Waals surface area contributed by atoms with Gasteiger partial charge in [-0.05, 0) is 52.0 Å². The van der Waals surface area contributed by atoms with E-state index < -0.39 is 17.6 Å². The maximum Gasteiger partial charge on any atom is 0.355 e. The van der Waals surface area contributed by atoms with Gasteiger partial charge in [-0.25, -0.2) is 28.7 Å². The number of carbonyl (C=O) groups excluding carboxylic acids is 1. The summed E-state index contributed by atoms with van der Waals surface area (Å²) in [6.07, 6.45) is 0.600. The first-order valence-corrected chi connectivity index (χ1v) is 13.6. The molecule has 6 rings (SSSR count). The van der Waals surface area contributed by atoms with Gasteiger partial charge in [-0.1, -0.05) is 24.2 Å². The number of hydrogen-bond donors (Lipinski definition) is 0. The molecule has 0 aliphatic carbocycles. The number of pyridine rings is 1. The quantitative estimate of drug-likeness (QED) is 0.325. The molecule has 0 saturated carbocycles. The molecule has 1 amide bonds. The fourth-order valence-electron chi connectivity index (χ4n) is 5.67. The van der Waals surface area contributed by atoms with E-state index in [1.54, 1.807) is 43.9 Å². The molecule has 1 fully saturated rings. The zero-order valence-corrected chi connectivity index (χ0v) is 23.7. The van der Waals surface area contributed by atoms with Crippen LogP contribution in [0.15, 0.2) is 41.7 Å². The molecule has 12 heteroatoms. The zero-order valence-electron chi connectivity index (χ0n) is 23.0. The highest BCUT2D eigenvalue weighted by atomic mass is 35.5. The number of hydrogen-bond acceptors (Lipinski definition) is 8. The molecule has 0 spiro atoms. The Morgan fingerprint density at radius 3 is 2.68 bits per heavy atom. The summed E-state index contributed by atoms with van der Waals surface area (Å²) in [5.41, 5.74) is 1.21. The first kappa shape index (κ1) is 26.8. The van der Waals surface area contributed by atoms with Crippen molar-refractivity contribution in [3.63, 3.8) is 0 Å². The van der Waals surface area contributed by atoms with Gasteiger partial charge >= 0.3 is 5.69 Å². The molecule has 4 aromatic rings. The van der Waals surface area contributed by atoms with Crippen LogP contribution in [0.2, 0.25) is 5.02 Å². The van der Waals surface area contributed by atoms with Crippen LogP contribution in [0, 0.1) is 19.7 Å². The number of benzene rings is 1. The van der Waals surface area contributed by atoms with E-state index in [1.807, 2.05) is 11.8 Å². The minimum Gasteiger partial charge on any atom is -0.484 e. The van der Waals surface area contributed by atoms with Crippen molar-refractivity contribution in [2.24, 2.45) is 0 Å². The van der Waals surface area contributed by atoms with Gasteiger partial charge in [0.2, 0.25) is 5.91 Å². The highest BCUT2D eigenvalue weighted by Crippen LogP contribution is 2.42. The van der Waals surface area contributed by atoms with E-state index in [9.17, 15) is 9.59 Å². The number of halogens is 2. The molecule has 2 atom stereocenters. The molecule has 2 aliphatic rings. The summed E-state index contributed by atoms with van der Waals surface area (Å²) in [7, 11) is 0. The summed E-state index contributed by atoms with van der Waals surface area (Å²) in [6, 6.07) is 5.98. The van der Waals surface area contributed by atoms with E-state index in [-0.39, 0.29) is 39.6 Å². The highest BCUT2D eigenvalue weighted by molar-refractivity contribution is 6.34. The number of amides is 1. The molecule has 1 saturated heterocycles. The van der Waals surface area contributed by atoms with Crippen LogP contribution in [0.4, 0.5) is 10.2 Å². The fourth-order valence-corrected chi connectivity index (χ4v) is 5.92. The van der Waals surface area contributed by atoms with Crippen molar-refractivity contribution in [1.29, 1.82) is 0 Å². The van der Waals surface area contributed by atoms with Gasteiger partial charge in [-0.15, -0.1) is 0 Å². The van der Waals surface area contributed by atoms with Crippen LogP contribution in [0.5, 0.6) is 5.75 Å². The lowest BCUT2D eigenvalue weighted by Gasteiger charge is -2.40. The van der Waals surface area contributed by atoms with E-state index in [1.165, 1.54) is 16.7 Å². The molecule has 3 aromatic heterocycles. The summed E-state index contributed by atoms with van der Waals surface area (Å²) in [5.74, 6) is 0.384. The number of carbonyl (C=O) groups is 1. The Morgan fingerprint density at radius 2 is 1.95 bits per heavy atom. The van der Waals surface area contributed by atoms with Gasteiger partial charge in [0.05, 0.1) is 33.0 Å². The number of fused-ring (bicyclic) bond motifs is 5. The third-order valence-corrected chi connectivity index (χ3v) is 7.80. The summed E-state index contributed by atoms with van der Waals surface area (Å²) in [6.45, 7) is 12.1. The molecule has 210 valence electrons. The fraction of sp³-hybridized carbons (Fsp3) is 0.310. The molecule has 0 radical (unpaired) electrons. The Balaban J connectivity index is 1.69. The maximum atomic E-state index is 15.4. The average Bonchev–Trinajstić information content (AvgIpc) is 2.92. The van der Waals surface area contributed by atoms with Gasteiger partial charge in [0.15, 0.2) is 5.65 Å². The Kier molecular flexibility index (Phi) is 6.49. The molecule has 0 N–H and O–H groups in total. The van der Waals surface area contributed by atoms with Gasteiger partial charge in [-0.2, -0.15) is 4.98 Å². The van der Waals surface area contributed by atoms with Crippen molar-refractivity contribution in [2.75, 3.05) is 24.5 Å². The number of aryl methyl sites for hydroxylation is 2. The Morgan fingerprint density at radius 1 is 1.17 bits per heavy atom. The number of rotatable bonds is 2. The topological polar surface area (TPSA) is 106 Å². The van der Waals surface area contributed by atoms with E-state index in [2.05, 4.69) is 21.5 Å². The van der Waals surface area contributed by atoms with Crippen molar-refractivity contribution >= 4 is 34.4 Å². The molecule has 1 aromatic carbocycles. The summed E-state index contributed by atoms with van der Waals surface area (Å²) in [4.78, 5) is 48.4. The van der Waals surface area contributed by atoms with Crippen LogP contribution >= 0.6 is 11.6 Å². The van der Waals surface area contributed by atoms with E-state index in [4.69, 9.17) is 21.3 Å². The van der Waals surface area contributed by atoms with Crippen molar-refractivity contribution < 1.29 is 13.9 Å². The van der Waals surface area contributed by atoms with Crippen molar-refractivity contribution in [3.8, 4) is 22.7 Å². The molecule has 41 heavy (non-hydrogen) atoms. The van der Waals surface area contributed by atoms with Crippen molar-refractivity contribution in [1.82, 2.24) is 29.4 Å². The van der Waals surface area contributed by atoms with E-state index in [0.717, 1.165) is 0 Å². The summed E-state index contributed by atoms with van der Waals surface area (Å²) >= 11 is 6.80. The molecule has 2 aliphatic heterocycles. The predicted octanol–water partition coefficient (Wildman–Crippen LogP) is 4.32. The van der Waals surface area contributed by atoms with Gasteiger partial charge in [0.25, 0.3) is 0 Å². The number of piperazine rings is 1. The second kappa shape index (κ2) is 9.91. The zero-order chi connectivity index (χ0) is 29.2. The summed E-state index contributed by atoms with van der Waals surface area (Å²) < 4.78 is 23.0. The van der Waals surface area contributed by atoms with Crippen LogP contribution in [-0.2, 0) is 4.79 Å². The second-order valence-electron chi connectivity index (χ2n) is 10.2. The highest BCUT2D eigenvalue weighted by Gasteiger charge is 2.32. The Bertz CT molecular complexity index is 1830. The lowest BCUT2D eigenvalue weighted by molar-refractivity contribution is -0.126. The van der Waals surface area contributed by atoms with Crippen LogP contribution in [0.3, 0.4) is 0 Å². The first-order valence-electron chi connectivity index (χ1n) is 13.2. The molecule has 10 nitrogen and oxygen atoms in total. The average molecular weight is 576 g/mol. The maximum absolute atomic E-state index is 15.4. The van der Waals surface area contributed by atoms with Gasteiger partial charge in [-0.3, -0.25) is 4.79 Å². The SMILES string of the molecule is C=CC(=O)N1CCN(c2nc(=O)n3c4nc(c(Cl)cc24)-c2c(F)cccc2OC(C)c2nc(C)nc(C)c2-3)[C@@H](C)C1. The van der Waals surface area contributed by atoms with Crippen LogP contribution in [0.1, 0.15) is 37.2 Å². The van der Waals surface area contributed by atoms with Crippen molar-refractivity contribution in [3.05, 3.63) is 75.5 Å². The lowest BCUT2D eigenvalue weighted by Crippen LogP contribution is -2.54. The van der Waals surface area contributed by atoms with Crippen molar-refractivity contribution in [2.45, 2.75) is 39.8 Å². The number of aromatic nitrogens is 5.